The first kappa shape index (κ1) is 14.5. The molecule has 2 N–H and O–H groups in total. The third kappa shape index (κ3) is 4.64. The molecule has 1 saturated heterocycles. The van der Waals surface area contributed by atoms with Crippen LogP contribution in [0, 0.1) is 5.92 Å². The zero-order chi connectivity index (χ0) is 12.8. The molecule has 17 heavy (non-hydrogen) atoms. The summed E-state index contributed by atoms with van der Waals surface area (Å²) in [7, 11) is 0. The van der Waals surface area contributed by atoms with Crippen molar-refractivity contribution in [1.29, 1.82) is 0 Å². The molecule has 1 atom stereocenters. The zero-order valence-electron chi connectivity index (χ0n) is 11.5. The van der Waals surface area contributed by atoms with Crippen LogP contribution in [-0.2, 0) is 4.79 Å². The summed E-state index contributed by atoms with van der Waals surface area (Å²) in [6, 6.07) is 0.303. The van der Waals surface area contributed by atoms with Crippen LogP contribution < -0.4 is 5.73 Å². The first-order valence-electron chi connectivity index (χ1n) is 6.74. The lowest BCUT2D eigenvalue weighted by Crippen LogP contribution is -2.45. The molecule has 0 aromatic heterocycles. The molecule has 0 spiro atoms. The van der Waals surface area contributed by atoms with Crippen LogP contribution in [0.4, 0.5) is 0 Å². The van der Waals surface area contributed by atoms with E-state index in [1.807, 2.05) is 4.90 Å². The summed E-state index contributed by atoms with van der Waals surface area (Å²) in [6.07, 6.45) is 2.46. The number of rotatable bonds is 5. The molecular weight excluding hydrogens is 214 g/mol. The lowest BCUT2D eigenvalue weighted by Gasteiger charge is -2.36. The van der Waals surface area contributed by atoms with Gasteiger partial charge in [-0.2, -0.15) is 0 Å². The average molecular weight is 241 g/mol. The van der Waals surface area contributed by atoms with Crippen molar-refractivity contribution in [3.8, 4) is 0 Å². The molecular formula is C13H27N3O. The molecule has 4 heteroatoms. The van der Waals surface area contributed by atoms with Gasteiger partial charge in [0.15, 0.2) is 0 Å². The number of likely N-dealkylation sites (tertiary alicyclic amines) is 1. The van der Waals surface area contributed by atoms with Crippen LogP contribution in [-0.4, -0.2) is 54.5 Å². The Kier molecular flexibility index (Phi) is 5.92. The normalized spacial score (nSPS) is 21.8. The molecule has 0 aromatic carbocycles. The Morgan fingerprint density at radius 3 is 2.76 bits per heavy atom. The van der Waals surface area contributed by atoms with E-state index in [4.69, 9.17) is 5.73 Å². The van der Waals surface area contributed by atoms with E-state index in [1.54, 1.807) is 6.92 Å². The Labute approximate surface area is 105 Å². The highest BCUT2D eigenvalue weighted by molar-refractivity contribution is 5.73. The predicted octanol–water partition coefficient (Wildman–Crippen LogP) is 0.914. The SMILES string of the molecule is CC(=O)N(C[C@@H]1CCCN(CCN)C1)C(C)C. The van der Waals surface area contributed by atoms with E-state index < -0.39 is 0 Å². The fraction of sp³-hybridized carbons (Fsp3) is 0.923. The number of nitrogens with zero attached hydrogens (tertiary/aromatic N) is 2. The van der Waals surface area contributed by atoms with Crippen LogP contribution in [0.1, 0.15) is 33.6 Å². The summed E-state index contributed by atoms with van der Waals surface area (Å²) >= 11 is 0. The molecule has 100 valence electrons. The van der Waals surface area contributed by atoms with E-state index in [2.05, 4.69) is 18.7 Å². The van der Waals surface area contributed by atoms with Crippen LogP contribution in [0.15, 0.2) is 0 Å². The van der Waals surface area contributed by atoms with Gasteiger partial charge in [0.25, 0.3) is 0 Å². The number of hydrogen-bond acceptors (Lipinski definition) is 3. The van der Waals surface area contributed by atoms with Crippen LogP contribution in [0.2, 0.25) is 0 Å². The lowest BCUT2D eigenvalue weighted by molar-refractivity contribution is -0.131. The quantitative estimate of drug-likeness (QED) is 0.778. The molecule has 0 aliphatic carbocycles. The average Bonchev–Trinajstić information content (AvgIpc) is 2.26. The molecule has 1 rings (SSSR count). The van der Waals surface area contributed by atoms with Gasteiger partial charge in [-0.05, 0) is 39.2 Å². The summed E-state index contributed by atoms with van der Waals surface area (Å²) in [5, 5.41) is 0. The summed E-state index contributed by atoms with van der Waals surface area (Å²) in [6.45, 7) is 10.7. The van der Waals surface area contributed by atoms with Crippen molar-refractivity contribution < 1.29 is 4.79 Å². The Morgan fingerprint density at radius 1 is 1.53 bits per heavy atom. The van der Waals surface area contributed by atoms with E-state index in [0.29, 0.717) is 12.0 Å². The third-order valence-corrected chi connectivity index (χ3v) is 3.53. The van der Waals surface area contributed by atoms with E-state index in [9.17, 15) is 4.79 Å². The van der Waals surface area contributed by atoms with Gasteiger partial charge in [0, 0.05) is 39.1 Å². The molecule has 4 nitrogen and oxygen atoms in total. The van der Waals surface area contributed by atoms with Crippen LogP contribution in [0.5, 0.6) is 0 Å². The maximum absolute atomic E-state index is 11.6. The van der Waals surface area contributed by atoms with Gasteiger partial charge in [0.1, 0.15) is 0 Å². The number of piperidine rings is 1. The predicted molar refractivity (Wildman–Crippen MR) is 70.7 cm³/mol. The molecule has 0 unspecified atom stereocenters. The van der Waals surface area contributed by atoms with Gasteiger partial charge in [-0.25, -0.2) is 0 Å². The molecule has 0 bridgehead atoms. The minimum atomic E-state index is 0.191. The second-order valence-electron chi connectivity index (χ2n) is 5.36. The molecule has 1 aliphatic rings. The fourth-order valence-electron chi connectivity index (χ4n) is 2.67. The van der Waals surface area contributed by atoms with E-state index >= 15 is 0 Å². The van der Waals surface area contributed by atoms with Gasteiger partial charge in [0.2, 0.25) is 5.91 Å². The first-order valence-corrected chi connectivity index (χ1v) is 6.74. The van der Waals surface area contributed by atoms with Gasteiger partial charge in [-0.3, -0.25) is 4.79 Å². The Morgan fingerprint density at radius 2 is 2.24 bits per heavy atom. The van der Waals surface area contributed by atoms with Crippen LogP contribution in [0.3, 0.4) is 0 Å². The molecule has 1 heterocycles. The molecule has 1 aliphatic heterocycles. The molecule has 0 radical (unpaired) electrons. The van der Waals surface area contributed by atoms with E-state index in [0.717, 1.165) is 32.7 Å². The molecule has 1 fully saturated rings. The standard InChI is InChI=1S/C13H27N3O/c1-11(2)16(12(3)17)10-13-5-4-7-15(9-13)8-6-14/h11,13H,4-10,14H2,1-3H3/t13-/m1/s1. The Bertz CT molecular complexity index is 241. The number of carbonyl (C=O) groups excluding carboxylic acids is 1. The topological polar surface area (TPSA) is 49.6 Å². The zero-order valence-corrected chi connectivity index (χ0v) is 11.5. The van der Waals surface area contributed by atoms with Crippen LogP contribution >= 0.6 is 0 Å². The summed E-state index contributed by atoms with van der Waals surface area (Å²) in [5.41, 5.74) is 5.60. The molecule has 0 saturated carbocycles. The Balaban J connectivity index is 2.46. The maximum Gasteiger partial charge on any atom is 0.219 e. The van der Waals surface area contributed by atoms with Gasteiger partial charge in [-0.15, -0.1) is 0 Å². The maximum atomic E-state index is 11.6. The first-order chi connectivity index (χ1) is 8.04. The number of nitrogens with two attached hydrogens (primary N) is 1. The van der Waals surface area contributed by atoms with Crippen molar-refractivity contribution in [2.75, 3.05) is 32.7 Å². The summed E-state index contributed by atoms with van der Waals surface area (Å²) in [4.78, 5) is 16.0. The Hall–Kier alpha value is -0.610. The van der Waals surface area contributed by atoms with Gasteiger partial charge in [0.05, 0.1) is 0 Å². The van der Waals surface area contributed by atoms with Crippen molar-refractivity contribution >= 4 is 5.91 Å². The van der Waals surface area contributed by atoms with Crippen molar-refractivity contribution in [2.24, 2.45) is 11.7 Å². The van der Waals surface area contributed by atoms with Crippen LogP contribution in [0.25, 0.3) is 0 Å². The van der Waals surface area contributed by atoms with E-state index in [-0.39, 0.29) is 5.91 Å². The summed E-state index contributed by atoms with van der Waals surface area (Å²) < 4.78 is 0. The number of hydrogen-bond donors (Lipinski definition) is 1. The minimum Gasteiger partial charge on any atom is -0.340 e. The largest absolute Gasteiger partial charge is 0.340 e. The molecule has 1 amide bonds. The highest BCUT2D eigenvalue weighted by Crippen LogP contribution is 2.18. The van der Waals surface area contributed by atoms with Gasteiger partial charge >= 0.3 is 0 Å². The smallest absolute Gasteiger partial charge is 0.219 e. The monoisotopic (exact) mass is 241 g/mol. The second-order valence-corrected chi connectivity index (χ2v) is 5.36. The second kappa shape index (κ2) is 6.97. The highest BCUT2D eigenvalue weighted by Gasteiger charge is 2.23. The van der Waals surface area contributed by atoms with E-state index in [1.165, 1.54) is 12.8 Å². The third-order valence-electron chi connectivity index (χ3n) is 3.53. The van der Waals surface area contributed by atoms with Gasteiger partial charge < -0.3 is 15.5 Å². The molecule has 0 aromatic rings. The lowest BCUT2D eigenvalue weighted by atomic mass is 9.97. The highest BCUT2D eigenvalue weighted by atomic mass is 16.2. The minimum absolute atomic E-state index is 0.191. The van der Waals surface area contributed by atoms with Gasteiger partial charge in [-0.1, -0.05) is 0 Å². The van der Waals surface area contributed by atoms with Crippen molar-refractivity contribution in [1.82, 2.24) is 9.80 Å². The van der Waals surface area contributed by atoms with Crippen molar-refractivity contribution in [2.45, 2.75) is 39.7 Å². The fourth-order valence-corrected chi connectivity index (χ4v) is 2.67. The van der Waals surface area contributed by atoms with Crippen molar-refractivity contribution in [3.05, 3.63) is 0 Å². The number of carbonyl (C=O) groups is 1. The van der Waals surface area contributed by atoms with Crippen molar-refractivity contribution in [3.63, 3.8) is 0 Å². The summed E-state index contributed by atoms with van der Waals surface area (Å²) in [5.74, 6) is 0.803. The number of amides is 1.